The van der Waals surface area contributed by atoms with Gasteiger partial charge in [0, 0.05) is 18.0 Å². The zero-order valence-electron chi connectivity index (χ0n) is 12.5. The summed E-state index contributed by atoms with van der Waals surface area (Å²) in [5.41, 5.74) is 5.62. The van der Waals surface area contributed by atoms with Gasteiger partial charge in [0.1, 0.15) is 6.17 Å². The highest BCUT2D eigenvalue weighted by atomic mass is 19.1. The van der Waals surface area contributed by atoms with Crippen LogP contribution < -0.4 is 11.1 Å². The number of halogens is 1. The maximum absolute atomic E-state index is 14.0. The Labute approximate surface area is 123 Å². The molecule has 0 aromatic rings. The molecule has 0 spiro atoms. The molecule has 1 saturated heterocycles. The van der Waals surface area contributed by atoms with Gasteiger partial charge in [-0.25, -0.2) is 14.0 Å². The molecule has 2 rings (SSSR count). The molecule has 5 N–H and O–H groups in total. The molecule has 0 radical (unpaired) electrons. The van der Waals surface area contributed by atoms with Gasteiger partial charge in [0.05, 0.1) is 0 Å². The number of carboxylic acid groups (broad SMARTS) is 2. The molecule has 2 fully saturated rings. The monoisotopic (exact) mass is 304 g/mol. The molecule has 0 aromatic heterocycles. The number of hydrogen-bond donors (Lipinski definition) is 4. The maximum Gasteiger partial charge on any atom is 0.414 e. The van der Waals surface area contributed by atoms with Crippen molar-refractivity contribution in [2.24, 2.45) is 23.5 Å². The summed E-state index contributed by atoms with van der Waals surface area (Å²) in [6, 6.07) is 0.822. The molecular weight excluding hydrogens is 279 g/mol. The SMILES string of the molecule is CC1CCC(F)C2C(CCN)C(C)NC12.O=C(O)C(=O)O. The predicted octanol–water partition coefficient (Wildman–Crippen LogP) is 0.852. The Morgan fingerprint density at radius 1 is 1.24 bits per heavy atom. The van der Waals surface area contributed by atoms with Crippen LogP contribution in [0.4, 0.5) is 4.39 Å². The predicted molar refractivity (Wildman–Crippen MR) is 75.6 cm³/mol. The first kappa shape index (κ1) is 17.8. The summed E-state index contributed by atoms with van der Waals surface area (Å²) in [4.78, 5) is 18.2. The molecule has 122 valence electrons. The van der Waals surface area contributed by atoms with Crippen LogP contribution in [-0.2, 0) is 9.59 Å². The van der Waals surface area contributed by atoms with Crippen molar-refractivity contribution in [2.45, 2.75) is 51.4 Å². The van der Waals surface area contributed by atoms with Gasteiger partial charge >= 0.3 is 11.9 Å². The molecule has 0 bridgehead atoms. The van der Waals surface area contributed by atoms with Gasteiger partial charge in [-0.2, -0.15) is 0 Å². The molecule has 1 aliphatic carbocycles. The summed E-state index contributed by atoms with van der Waals surface area (Å²) in [6.07, 6.45) is 2.12. The lowest BCUT2D eigenvalue weighted by Crippen LogP contribution is -2.43. The number of carbonyl (C=O) groups is 2. The standard InChI is InChI=1S/C12H23FN2.C2H2O4/c1-7-3-4-10(13)11-9(5-6-14)8(2)15-12(7)11;3-1(4)2(5)6/h7-12,15H,3-6,14H2,1-2H3;(H,3,4)(H,5,6). The van der Waals surface area contributed by atoms with Gasteiger partial charge in [-0.3, -0.25) is 0 Å². The molecule has 1 heterocycles. The second-order valence-corrected chi connectivity index (χ2v) is 5.98. The lowest BCUT2D eigenvalue weighted by molar-refractivity contribution is -0.159. The van der Waals surface area contributed by atoms with E-state index in [1.165, 1.54) is 0 Å². The quantitative estimate of drug-likeness (QED) is 0.563. The van der Waals surface area contributed by atoms with Gasteiger partial charge in [-0.05, 0) is 44.6 Å². The van der Waals surface area contributed by atoms with Gasteiger partial charge < -0.3 is 21.3 Å². The lowest BCUT2D eigenvalue weighted by Gasteiger charge is -2.36. The summed E-state index contributed by atoms with van der Waals surface area (Å²) < 4.78 is 14.0. The number of hydrogen-bond acceptors (Lipinski definition) is 4. The van der Waals surface area contributed by atoms with E-state index in [1.54, 1.807) is 0 Å². The Balaban J connectivity index is 0.000000315. The Hall–Kier alpha value is -1.21. The number of rotatable bonds is 2. The van der Waals surface area contributed by atoms with Crippen LogP contribution in [-0.4, -0.2) is 47.0 Å². The van der Waals surface area contributed by atoms with Crippen LogP contribution in [0.25, 0.3) is 0 Å². The summed E-state index contributed by atoms with van der Waals surface area (Å²) in [5.74, 6) is -2.37. The van der Waals surface area contributed by atoms with E-state index in [-0.39, 0.29) is 5.92 Å². The Kier molecular flexibility index (Phi) is 6.54. The first-order valence-corrected chi connectivity index (χ1v) is 7.36. The number of nitrogens with two attached hydrogens (primary N) is 1. The van der Waals surface area contributed by atoms with Gasteiger partial charge in [-0.15, -0.1) is 0 Å². The number of aliphatic carboxylic acids is 2. The van der Waals surface area contributed by atoms with E-state index in [9.17, 15) is 4.39 Å². The fraction of sp³-hybridized carbons (Fsp3) is 0.857. The molecule has 6 atom stereocenters. The fourth-order valence-corrected chi connectivity index (χ4v) is 3.60. The Morgan fingerprint density at radius 3 is 2.29 bits per heavy atom. The van der Waals surface area contributed by atoms with E-state index in [0.29, 0.717) is 30.5 Å². The summed E-state index contributed by atoms with van der Waals surface area (Å²) in [7, 11) is 0. The summed E-state index contributed by atoms with van der Waals surface area (Å²) in [5, 5.41) is 18.4. The molecule has 1 aliphatic heterocycles. The average molecular weight is 304 g/mol. The first-order chi connectivity index (χ1) is 9.79. The van der Waals surface area contributed by atoms with Crippen molar-refractivity contribution in [3.05, 3.63) is 0 Å². The van der Waals surface area contributed by atoms with Crippen LogP contribution in [0.3, 0.4) is 0 Å². The molecule has 0 amide bonds. The van der Waals surface area contributed by atoms with Crippen molar-refractivity contribution >= 4 is 11.9 Å². The molecule has 0 aromatic carbocycles. The van der Waals surface area contributed by atoms with E-state index >= 15 is 0 Å². The van der Waals surface area contributed by atoms with Crippen molar-refractivity contribution in [1.82, 2.24) is 5.32 Å². The van der Waals surface area contributed by atoms with E-state index in [0.717, 1.165) is 19.3 Å². The zero-order chi connectivity index (χ0) is 16.2. The highest BCUT2D eigenvalue weighted by Crippen LogP contribution is 2.43. The lowest BCUT2D eigenvalue weighted by atomic mass is 9.72. The van der Waals surface area contributed by atoms with Crippen LogP contribution in [0.15, 0.2) is 0 Å². The minimum atomic E-state index is -1.82. The third-order valence-electron chi connectivity index (χ3n) is 4.62. The molecule has 7 heteroatoms. The largest absolute Gasteiger partial charge is 0.473 e. The second-order valence-electron chi connectivity index (χ2n) is 5.98. The van der Waals surface area contributed by atoms with Crippen LogP contribution in [0, 0.1) is 17.8 Å². The van der Waals surface area contributed by atoms with E-state index in [1.807, 2.05) is 0 Å². The van der Waals surface area contributed by atoms with Crippen molar-refractivity contribution in [1.29, 1.82) is 0 Å². The topological polar surface area (TPSA) is 113 Å². The van der Waals surface area contributed by atoms with E-state index in [4.69, 9.17) is 25.5 Å². The molecule has 6 nitrogen and oxygen atoms in total. The third kappa shape index (κ3) is 4.38. The molecular formula is C14H25FN2O4. The summed E-state index contributed by atoms with van der Waals surface area (Å²) >= 11 is 0. The minimum absolute atomic E-state index is 0.215. The number of fused-ring (bicyclic) bond motifs is 1. The second kappa shape index (κ2) is 7.70. The number of nitrogens with one attached hydrogen (secondary N) is 1. The van der Waals surface area contributed by atoms with Gasteiger partial charge in [0.2, 0.25) is 0 Å². The van der Waals surface area contributed by atoms with Gasteiger partial charge in [-0.1, -0.05) is 6.92 Å². The molecule has 1 saturated carbocycles. The van der Waals surface area contributed by atoms with Gasteiger partial charge in [0.25, 0.3) is 0 Å². The molecule has 6 unspecified atom stereocenters. The minimum Gasteiger partial charge on any atom is -0.473 e. The van der Waals surface area contributed by atoms with Crippen LogP contribution in [0.1, 0.15) is 33.1 Å². The smallest absolute Gasteiger partial charge is 0.414 e. The van der Waals surface area contributed by atoms with Crippen molar-refractivity contribution in [2.75, 3.05) is 6.54 Å². The van der Waals surface area contributed by atoms with Crippen molar-refractivity contribution in [3.63, 3.8) is 0 Å². The molecule has 2 aliphatic rings. The average Bonchev–Trinajstić information content (AvgIpc) is 2.74. The number of alkyl halides is 1. The van der Waals surface area contributed by atoms with Crippen molar-refractivity contribution < 1.29 is 24.2 Å². The first-order valence-electron chi connectivity index (χ1n) is 7.36. The van der Waals surface area contributed by atoms with Gasteiger partial charge in [0.15, 0.2) is 0 Å². The number of carboxylic acids is 2. The highest BCUT2D eigenvalue weighted by molar-refractivity contribution is 6.27. The van der Waals surface area contributed by atoms with Crippen LogP contribution >= 0.6 is 0 Å². The Bertz CT molecular complexity index is 368. The van der Waals surface area contributed by atoms with Crippen LogP contribution in [0.5, 0.6) is 0 Å². The third-order valence-corrected chi connectivity index (χ3v) is 4.62. The van der Waals surface area contributed by atoms with E-state index < -0.39 is 18.1 Å². The molecule has 21 heavy (non-hydrogen) atoms. The van der Waals surface area contributed by atoms with E-state index in [2.05, 4.69) is 19.2 Å². The maximum atomic E-state index is 14.0. The normalized spacial score (nSPS) is 38.1. The summed E-state index contributed by atoms with van der Waals surface area (Å²) in [6.45, 7) is 5.10. The van der Waals surface area contributed by atoms with Crippen LogP contribution in [0.2, 0.25) is 0 Å². The zero-order valence-corrected chi connectivity index (χ0v) is 12.5. The fourth-order valence-electron chi connectivity index (χ4n) is 3.60. The Morgan fingerprint density at radius 2 is 1.81 bits per heavy atom. The highest BCUT2D eigenvalue weighted by Gasteiger charge is 2.48. The van der Waals surface area contributed by atoms with Crippen molar-refractivity contribution in [3.8, 4) is 0 Å².